The van der Waals surface area contributed by atoms with E-state index in [2.05, 4.69) is 20.6 Å². The monoisotopic (exact) mass is 655 g/mol. The predicted molar refractivity (Wildman–Crippen MR) is 182 cm³/mol. The van der Waals surface area contributed by atoms with Crippen LogP contribution in [0.4, 0.5) is 11.4 Å². The summed E-state index contributed by atoms with van der Waals surface area (Å²) in [4.78, 5) is 48.7. The van der Waals surface area contributed by atoms with E-state index in [9.17, 15) is 19.5 Å². The Kier molecular flexibility index (Phi) is 10.7. The molecule has 1 aliphatic rings. The molecular formula is C36H38ClN5O5. The highest BCUT2D eigenvalue weighted by Crippen LogP contribution is 2.37. The molecule has 11 heteroatoms. The molecular weight excluding hydrogens is 618 g/mol. The number of hydrogen-bond donors (Lipinski definition) is 3. The molecule has 1 saturated heterocycles. The average Bonchev–Trinajstić information content (AvgIpc) is 3.07. The minimum absolute atomic E-state index is 0.139. The zero-order valence-corrected chi connectivity index (χ0v) is 27.6. The highest BCUT2D eigenvalue weighted by molar-refractivity contribution is 6.36. The number of rotatable bonds is 10. The number of methoxy groups -OCH3 is 1. The van der Waals surface area contributed by atoms with E-state index in [1.54, 1.807) is 55.9 Å². The van der Waals surface area contributed by atoms with Crippen LogP contribution in [0.5, 0.6) is 0 Å². The third-order valence-corrected chi connectivity index (χ3v) is 9.09. The number of carboxylic acids is 1. The van der Waals surface area contributed by atoms with Crippen molar-refractivity contribution >= 4 is 40.8 Å². The van der Waals surface area contributed by atoms with Crippen molar-refractivity contribution in [2.45, 2.75) is 58.7 Å². The molecule has 2 amide bonds. The van der Waals surface area contributed by atoms with Gasteiger partial charge in [-0.05, 0) is 92.2 Å². The smallest absolute Gasteiger partial charge is 0.320 e. The molecule has 2 aromatic heterocycles. The van der Waals surface area contributed by atoms with Crippen LogP contribution in [0.15, 0.2) is 67.0 Å². The summed E-state index contributed by atoms with van der Waals surface area (Å²) < 4.78 is 5.31. The number of piperidine rings is 1. The van der Waals surface area contributed by atoms with Crippen LogP contribution in [-0.2, 0) is 16.1 Å². The number of ether oxygens (including phenoxy) is 1. The predicted octanol–water partition coefficient (Wildman–Crippen LogP) is 7.06. The van der Waals surface area contributed by atoms with Crippen molar-refractivity contribution in [2.24, 2.45) is 0 Å². The lowest BCUT2D eigenvalue weighted by Gasteiger charge is -2.33. The van der Waals surface area contributed by atoms with Crippen molar-refractivity contribution in [2.75, 3.05) is 24.3 Å². The Hall–Kier alpha value is -4.64. The zero-order valence-electron chi connectivity index (χ0n) is 26.8. The molecule has 0 saturated carbocycles. The normalized spacial score (nSPS) is 15.6. The summed E-state index contributed by atoms with van der Waals surface area (Å²) in [5.74, 6) is -1.57. The molecule has 47 heavy (non-hydrogen) atoms. The lowest BCUT2D eigenvalue weighted by atomic mass is 9.98. The molecule has 1 unspecified atom stereocenters. The van der Waals surface area contributed by atoms with Gasteiger partial charge in [0.15, 0.2) is 0 Å². The van der Waals surface area contributed by atoms with Gasteiger partial charge in [0.25, 0.3) is 11.8 Å². The first-order chi connectivity index (χ1) is 22.6. The molecule has 10 nitrogen and oxygen atoms in total. The first-order valence-electron chi connectivity index (χ1n) is 15.5. The number of carboxylic acid groups (broad SMARTS) is 1. The molecule has 0 radical (unpaired) electrons. The van der Waals surface area contributed by atoms with E-state index in [1.165, 1.54) is 0 Å². The SMILES string of the molecule is COC(C)c1ccc(C(=O)Nc2cccc(-c3cccc(NC(=O)c4cc(C)c(CN5CCCC[C@H]5C(=O)O)cn4)c3C)c2Cl)nc1. The van der Waals surface area contributed by atoms with Crippen LogP contribution in [-0.4, -0.2) is 57.5 Å². The Balaban J connectivity index is 1.31. The quantitative estimate of drug-likeness (QED) is 0.165. The number of halogens is 1. The van der Waals surface area contributed by atoms with Crippen molar-refractivity contribution in [1.82, 2.24) is 14.9 Å². The van der Waals surface area contributed by atoms with Gasteiger partial charge < -0.3 is 20.5 Å². The summed E-state index contributed by atoms with van der Waals surface area (Å²) in [5.41, 5.74) is 6.39. The van der Waals surface area contributed by atoms with Gasteiger partial charge in [-0.25, -0.2) is 0 Å². The van der Waals surface area contributed by atoms with Crippen LogP contribution in [0, 0.1) is 13.8 Å². The van der Waals surface area contributed by atoms with Gasteiger partial charge in [-0.2, -0.15) is 0 Å². The fourth-order valence-corrected chi connectivity index (χ4v) is 6.02. The second-order valence-electron chi connectivity index (χ2n) is 11.7. The van der Waals surface area contributed by atoms with Crippen molar-refractivity contribution in [1.29, 1.82) is 0 Å². The fraction of sp³-hybridized carbons (Fsp3) is 0.306. The summed E-state index contributed by atoms with van der Waals surface area (Å²) in [5, 5.41) is 15.8. The van der Waals surface area contributed by atoms with Gasteiger partial charge in [0.1, 0.15) is 17.4 Å². The van der Waals surface area contributed by atoms with Crippen molar-refractivity contribution in [3.05, 3.63) is 106 Å². The first-order valence-corrected chi connectivity index (χ1v) is 15.9. The van der Waals surface area contributed by atoms with Crippen LogP contribution >= 0.6 is 11.6 Å². The Morgan fingerprint density at radius 1 is 0.957 bits per heavy atom. The number of pyridine rings is 2. The molecule has 1 fully saturated rings. The maximum absolute atomic E-state index is 13.3. The summed E-state index contributed by atoms with van der Waals surface area (Å²) in [6.45, 7) is 6.87. The molecule has 0 spiro atoms. The van der Waals surface area contributed by atoms with E-state index in [4.69, 9.17) is 16.3 Å². The van der Waals surface area contributed by atoms with Gasteiger partial charge in [0.05, 0.1) is 16.8 Å². The summed E-state index contributed by atoms with van der Waals surface area (Å²) in [6, 6.07) is 15.6. The topological polar surface area (TPSA) is 134 Å². The Morgan fingerprint density at radius 2 is 1.64 bits per heavy atom. The summed E-state index contributed by atoms with van der Waals surface area (Å²) in [7, 11) is 1.61. The number of carbonyl (C=O) groups excluding carboxylic acids is 2. The number of aryl methyl sites for hydroxylation is 1. The highest BCUT2D eigenvalue weighted by atomic mass is 35.5. The van der Waals surface area contributed by atoms with Crippen LogP contribution in [0.3, 0.4) is 0 Å². The van der Waals surface area contributed by atoms with Gasteiger partial charge in [-0.15, -0.1) is 0 Å². The van der Waals surface area contributed by atoms with Crippen molar-refractivity contribution in [3.63, 3.8) is 0 Å². The molecule has 0 bridgehead atoms. The highest BCUT2D eigenvalue weighted by Gasteiger charge is 2.29. The molecule has 3 heterocycles. The molecule has 244 valence electrons. The third-order valence-electron chi connectivity index (χ3n) is 8.69. The number of likely N-dealkylation sites (tertiary alicyclic amines) is 1. The number of aromatic nitrogens is 2. The molecule has 5 rings (SSSR count). The zero-order chi connectivity index (χ0) is 33.7. The average molecular weight is 656 g/mol. The number of nitrogens with one attached hydrogen (secondary N) is 2. The number of nitrogens with zero attached hydrogens (tertiary/aromatic N) is 3. The van der Waals surface area contributed by atoms with E-state index in [0.717, 1.165) is 40.7 Å². The molecule has 1 aliphatic heterocycles. The molecule has 2 aromatic carbocycles. The summed E-state index contributed by atoms with van der Waals surface area (Å²) >= 11 is 6.83. The second-order valence-corrected chi connectivity index (χ2v) is 12.1. The van der Waals surface area contributed by atoms with Gasteiger partial charge in [-0.1, -0.05) is 48.4 Å². The largest absolute Gasteiger partial charge is 0.480 e. The van der Waals surface area contributed by atoms with Crippen LogP contribution in [0.2, 0.25) is 5.02 Å². The van der Waals surface area contributed by atoms with Gasteiger partial charge in [-0.3, -0.25) is 29.3 Å². The van der Waals surface area contributed by atoms with Gasteiger partial charge in [0.2, 0.25) is 0 Å². The van der Waals surface area contributed by atoms with E-state index in [-0.39, 0.29) is 23.4 Å². The Bertz CT molecular complexity index is 1800. The maximum Gasteiger partial charge on any atom is 0.320 e. The number of amides is 2. The van der Waals surface area contributed by atoms with Crippen LogP contribution in [0.1, 0.15) is 75.5 Å². The van der Waals surface area contributed by atoms with Gasteiger partial charge >= 0.3 is 5.97 Å². The van der Waals surface area contributed by atoms with E-state index < -0.39 is 17.9 Å². The summed E-state index contributed by atoms with van der Waals surface area (Å²) in [6.07, 6.45) is 5.62. The number of aliphatic carboxylic acids is 1. The maximum atomic E-state index is 13.3. The molecule has 3 N–H and O–H groups in total. The molecule has 4 aromatic rings. The minimum atomic E-state index is -0.807. The fourth-order valence-electron chi connectivity index (χ4n) is 5.74. The van der Waals surface area contributed by atoms with Crippen LogP contribution in [0.25, 0.3) is 11.1 Å². The van der Waals surface area contributed by atoms with E-state index in [0.29, 0.717) is 41.5 Å². The van der Waals surface area contributed by atoms with Gasteiger partial charge in [0, 0.05) is 37.3 Å². The first kappa shape index (κ1) is 33.7. The van der Waals surface area contributed by atoms with E-state index in [1.807, 2.05) is 43.9 Å². The van der Waals surface area contributed by atoms with Crippen molar-refractivity contribution in [3.8, 4) is 11.1 Å². The standard InChI is InChI=1S/C36H38ClN5O5/c1-21-17-31(39-19-25(21)20-42-16-6-5-13-32(42)36(45)46)35(44)40-28-11-7-9-26(22(28)2)27-10-8-12-29(33(27)37)41-34(43)30-15-14-24(18-38-30)23(3)47-4/h7-12,14-15,17-19,23,32H,5-6,13,16,20H2,1-4H3,(H,40,44)(H,41,43)(H,45,46)/t23?,32-/m0/s1. The third kappa shape index (κ3) is 7.68. The number of hydrogen-bond acceptors (Lipinski definition) is 7. The molecule has 0 aliphatic carbocycles. The number of anilines is 2. The lowest BCUT2D eigenvalue weighted by Crippen LogP contribution is -2.44. The lowest BCUT2D eigenvalue weighted by molar-refractivity contribution is -0.144. The second kappa shape index (κ2) is 14.8. The number of carbonyl (C=O) groups is 3. The molecule has 2 atom stereocenters. The Labute approximate surface area is 279 Å². The minimum Gasteiger partial charge on any atom is -0.480 e. The number of benzene rings is 2. The van der Waals surface area contributed by atoms with Crippen molar-refractivity contribution < 1.29 is 24.2 Å². The Morgan fingerprint density at radius 3 is 2.32 bits per heavy atom. The van der Waals surface area contributed by atoms with E-state index >= 15 is 0 Å². The van der Waals surface area contributed by atoms with Crippen LogP contribution < -0.4 is 10.6 Å².